The lowest BCUT2D eigenvalue weighted by Crippen LogP contribution is -2.47. The van der Waals surface area contributed by atoms with Gasteiger partial charge in [-0.25, -0.2) is 0 Å². The standard InChI is InChI=1S/C29H29N3O3/c1-20-9-11-21(12-10-20)29(33)24-19-30-25-18-27(35-3)26(34-2)17-23(25)28(24)32-15-13-31(14-16-32)22-7-5-4-6-8-22/h4-12,17-19H,13-16H2,1-3H3. The fourth-order valence-corrected chi connectivity index (χ4v) is 4.70. The van der Waals surface area contributed by atoms with Crippen molar-refractivity contribution in [2.24, 2.45) is 0 Å². The number of methoxy groups -OCH3 is 2. The van der Waals surface area contributed by atoms with Gasteiger partial charge in [-0.15, -0.1) is 0 Å². The fourth-order valence-electron chi connectivity index (χ4n) is 4.70. The Balaban J connectivity index is 1.59. The van der Waals surface area contributed by atoms with Crippen molar-refractivity contribution in [3.63, 3.8) is 0 Å². The zero-order valence-electron chi connectivity index (χ0n) is 20.3. The minimum Gasteiger partial charge on any atom is -0.493 e. The number of hydrogen-bond acceptors (Lipinski definition) is 6. The number of rotatable bonds is 6. The lowest BCUT2D eigenvalue weighted by Gasteiger charge is -2.38. The molecular weight excluding hydrogens is 438 g/mol. The van der Waals surface area contributed by atoms with Crippen molar-refractivity contribution in [3.05, 3.63) is 89.6 Å². The van der Waals surface area contributed by atoms with Gasteiger partial charge >= 0.3 is 0 Å². The van der Waals surface area contributed by atoms with Gasteiger partial charge in [0.05, 0.1) is 31.0 Å². The minimum atomic E-state index is -0.0327. The van der Waals surface area contributed by atoms with Crippen LogP contribution in [0.2, 0.25) is 0 Å². The van der Waals surface area contributed by atoms with E-state index in [0.717, 1.165) is 48.3 Å². The van der Waals surface area contributed by atoms with Crippen molar-refractivity contribution in [3.8, 4) is 11.5 Å². The molecule has 2 heterocycles. The molecule has 6 heteroatoms. The van der Waals surface area contributed by atoms with Crippen molar-refractivity contribution in [1.29, 1.82) is 0 Å². The van der Waals surface area contributed by atoms with Crippen LogP contribution < -0.4 is 19.3 Å². The van der Waals surface area contributed by atoms with Crippen LogP contribution in [-0.4, -0.2) is 51.2 Å². The third kappa shape index (κ3) is 4.39. The molecule has 0 radical (unpaired) electrons. The first-order valence-corrected chi connectivity index (χ1v) is 11.8. The molecule has 0 saturated carbocycles. The number of nitrogens with zero attached hydrogens (tertiary/aromatic N) is 3. The molecule has 5 rings (SSSR count). The normalized spacial score (nSPS) is 13.7. The summed E-state index contributed by atoms with van der Waals surface area (Å²) in [5, 5.41) is 0.883. The molecule has 3 aromatic carbocycles. The van der Waals surface area contributed by atoms with Crippen LogP contribution in [0.3, 0.4) is 0 Å². The van der Waals surface area contributed by atoms with Crippen molar-refractivity contribution in [2.45, 2.75) is 6.92 Å². The van der Waals surface area contributed by atoms with E-state index in [1.807, 2.05) is 49.4 Å². The van der Waals surface area contributed by atoms with Crippen LogP contribution in [0.15, 0.2) is 72.9 Å². The summed E-state index contributed by atoms with van der Waals surface area (Å²) in [5.41, 5.74) is 5.25. The molecule has 4 aromatic rings. The first-order valence-electron chi connectivity index (χ1n) is 11.8. The summed E-state index contributed by atoms with van der Waals surface area (Å²) in [6.07, 6.45) is 1.70. The number of benzene rings is 3. The second-order valence-corrected chi connectivity index (χ2v) is 8.75. The number of ketones is 1. The minimum absolute atomic E-state index is 0.0327. The predicted octanol–water partition coefficient (Wildman–Crippen LogP) is 5.12. The number of aryl methyl sites for hydroxylation is 1. The number of fused-ring (bicyclic) bond motifs is 1. The van der Waals surface area contributed by atoms with E-state index < -0.39 is 0 Å². The Morgan fingerprint density at radius 3 is 2.11 bits per heavy atom. The van der Waals surface area contributed by atoms with E-state index in [9.17, 15) is 4.79 Å². The largest absolute Gasteiger partial charge is 0.493 e. The summed E-state index contributed by atoms with van der Waals surface area (Å²) in [4.78, 5) is 23.0. The summed E-state index contributed by atoms with van der Waals surface area (Å²) in [6.45, 7) is 5.31. The molecule has 0 amide bonds. The van der Waals surface area contributed by atoms with Crippen molar-refractivity contribution >= 4 is 28.1 Å². The van der Waals surface area contributed by atoms with Gasteiger partial charge in [-0.3, -0.25) is 9.78 Å². The summed E-state index contributed by atoms with van der Waals surface area (Å²) in [7, 11) is 3.24. The van der Waals surface area contributed by atoms with E-state index in [1.54, 1.807) is 20.4 Å². The van der Waals surface area contributed by atoms with E-state index in [-0.39, 0.29) is 5.78 Å². The van der Waals surface area contributed by atoms with E-state index in [4.69, 9.17) is 9.47 Å². The Bertz CT molecular complexity index is 1350. The van der Waals surface area contributed by atoms with E-state index in [2.05, 4.69) is 39.0 Å². The lowest BCUT2D eigenvalue weighted by molar-refractivity contribution is 0.103. The van der Waals surface area contributed by atoms with Crippen LogP contribution in [0.1, 0.15) is 21.5 Å². The summed E-state index contributed by atoms with van der Waals surface area (Å²) in [6, 6.07) is 22.0. The Labute approximate surface area is 205 Å². The molecule has 0 aliphatic carbocycles. The maximum atomic E-state index is 13.7. The monoisotopic (exact) mass is 467 g/mol. The van der Waals surface area contributed by atoms with E-state index in [0.29, 0.717) is 22.6 Å². The second-order valence-electron chi connectivity index (χ2n) is 8.75. The molecule has 35 heavy (non-hydrogen) atoms. The molecule has 0 atom stereocenters. The van der Waals surface area contributed by atoms with Crippen LogP contribution in [0.4, 0.5) is 11.4 Å². The topological polar surface area (TPSA) is 54.9 Å². The average molecular weight is 468 g/mol. The fraction of sp³-hybridized carbons (Fsp3) is 0.241. The van der Waals surface area contributed by atoms with Gasteiger partial charge in [-0.05, 0) is 25.1 Å². The zero-order chi connectivity index (χ0) is 24.4. The van der Waals surface area contributed by atoms with Gasteiger partial charge in [0.15, 0.2) is 17.3 Å². The molecule has 0 unspecified atom stereocenters. The number of ether oxygens (including phenoxy) is 2. The average Bonchev–Trinajstić information content (AvgIpc) is 2.92. The van der Waals surface area contributed by atoms with Crippen molar-refractivity contribution < 1.29 is 14.3 Å². The number of hydrogen-bond donors (Lipinski definition) is 0. The molecule has 6 nitrogen and oxygen atoms in total. The van der Waals surface area contributed by atoms with Crippen molar-refractivity contribution in [2.75, 3.05) is 50.2 Å². The molecule has 178 valence electrons. The van der Waals surface area contributed by atoms with Crippen molar-refractivity contribution in [1.82, 2.24) is 4.98 Å². The van der Waals surface area contributed by atoms with Crippen LogP contribution in [0.5, 0.6) is 11.5 Å². The van der Waals surface area contributed by atoms with Crippen LogP contribution in [0.25, 0.3) is 10.9 Å². The van der Waals surface area contributed by atoms with E-state index >= 15 is 0 Å². The highest BCUT2D eigenvalue weighted by Gasteiger charge is 2.26. The maximum Gasteiger partial charge on any atom is 0.196 e. The molecule has 1 fully saturated rings. The molecule has 1 aromatic heterocycles. The van der Waals surface area contributed by atoms with Gasteiger partial charge in [0.2, 0.25) is 0 Å². The quantitative estimate of drug-likeness (QED) is 0.367. The molecule has 1 saturated heterocycles. The second kappa shape index (κ2) is 9.66. The number of anilines is 2. The highest BCUT2D eigenvalue weighted by atomic mass is 16.5. The smallest absolute Gasteiger partial charge is 0.196 e. The molecule has 0 bridgehead atoms. The Hall–Kier alpha value is -4.06. The highest BCUT2D eigenvalue weighted by molar-refractivity contribution is 6.16. The summed E-state index contributed by atoms with van der Waals surface area (Å²) < 4.78 is 11.1. The Morgan fingerprint density at radius 2 is 1.46 bits per heavy atom. The van der Waals surface area contributed by atoms with Crippen LogP contribution >= 0.6 is 0 Å². The molecule has 1 aliphatic rings. The number of carbonyl (C=O) groups excluding carboxylic acids is 1. The molecular formula is C29H29N3O3. The van der Waals surface area contributed by atoms with Gasteiger partial charge in [-0.1, -0.05) is 48.0 Å². The number of aromatic nitrogens is 1. The third-order valence-corrected chi connectivity index (χ3v) is 6.62. The van der Waals surface area contributed by atoms with Crippen LogP contribution in [-0.2, 0) is 0 Å². The summed E-state index contributed by atoms with van der Waals surface area (Å²) in [5.74, 6) is 1.20. The Kier molecular flexibility index (Phi) is 6.27. The highest BCUT2D eigenvalue weighted by Crippen LogP contribution is 2.38. The molecule has 0 N–H and O–H groups in total. The van der Waals surface area contributed by atoms with Gasteiger partial charge < -0.3 is 19.3 Å². The number of piperazine rings is 1. The number of pyridine rings is 1. The van der Waals surface area contributed by atoms with Gasteiger partial charge in [0.1, 0.15) is 0 Å². The SMILES string of the molecule is COc1cc2ncc(C(=O)c3ccc(C)cc3)c(N3CCN(c4ccccc4)CC3)c2cc1OC. The molecule has 0 spiro atoms. The first-order chi connectivity index (χ1) is 17.1. The van der Waals surface area contributed by atoms with Gasteiger partial charge in [0, 0.05) is 55.1 Å². The number of carbonyl (C=O) groups is 1. The Morgan fingerprint density at radius 1 is 0.829 bits per heavy atom. The van der Waals surface area contributed by atoms with Gasteiger partial charge in [-0.2, -0.15) is 0 Å². The zero-order valence-corrected chi connectivity index (χ0v) is 20.3. The summed E-state index contributed by atoms with van der Waals surface area (Å²) >= 11 is 0. The first kappa shape index (κ1) is 22.7. The number of para-hydroxylation sites is 1. The maximum absolute atomic E-state index is 13.7. The van der Waals surface area contributed by atoms with E-state index in [1.165, 1.54) is 5.69 Å². The third-order valence-electron chi connectivity index (χ3n) is 6.62. The van der Waals surface area contributed by atoms with Crippen LogP contribution in [0, 0.1) is 6.92 Å². The predicted molar refractivity (Wildman–Crippen MR) is 140 cm³/mol. The van der Waals surface area contributed by atoms with Gasteiger partial charge in [0.25, 0.3) is 0 Å². The molecule has 1 aliphatic heterocycles. The lowest BCUT2D eigenvalue weighted by atomic mass is 9.98.